The van der Waals surface area contributed by atoms with Gasteiger partial charge < -0.3 is 34.1 Å². The number of methoxy groups -OCH3 is 1. The van der Waals surface area contributed by atoms with E-state index in [1.807, 2.05) is 82.3 Å². The van der Waals surface area contributed by atoms with E-state index in [1.54, 1.807) is 24.3 Å². The molecule has 5 heterocycles. The van der Waals surface area contributed by atoms with Crippen molar-refractivity contribution in [2.24, 2.45) is 0 Å². The Bertz CT molecular complexity index is 2790. The number of fused-ring (bicyclic) bond motifs is 4. The van der Waals surface area contributed by atoms with Gasteiger partial charge in [0, 0.05) is 64.2 Å². The van der Waals surface area contributed by atoms with Crippen molar-refractivity contribution in [3.8, 4) is 16.9 Å². The maximum absolute atomic E-state index is 15.4. The molecular formula is C46H44Cl2N6O6. The monoisotopic (exact) mass is 846 g/mol. The first-order valence-corrected chi connectivity index (χ1v) is 20.4. The average molecular weight is 848 g/mol. The van der Waals surface area contributed by atoms with Gasteiger partial charge >= 0.3 is 5.97 Å². The zero-order valence-electron chi connectivity index (χ0n) is 34.1. The summed E-state index contributed by atoms with van der Waals surface area (Å²) in [6, 6.07) is 18.2. The smallest absolute Gasteiger partial charge is 0.352 e. The number of H-pyrrole nitrogens is 1. The number of aliphatic hydroxyl groups is 1. The van der Waals surface area contributed by atoms with Crippen LogP contribution in [0.1, 0.15) is 91.6 Å². The minimum Gasteiger partial charge on any atom is -0.494 e. The summed E-state index contributed by atoms with van der Waals surface area (Å²) in [6.45, 7) is 10.0. The van der Waals surface area contributed by atoms with Gasteiger partial charge in [-0.2, -0.15) is 0 Å². The topological polar surface area (TPSA) is 156 Å². The molecule has 3 aromatic carbocycles. The summed E-state index contributed by atoms with van der Waals surface area (Å²) in [5, 5.41) is 22.7. The Morgan fingerprint density at radius 3 is 2.37 bits per heavy atom. The highest BCUT2D eigenvalue weighted by atomic mass is 35.5. The molecule has 0 fully saturated rings. The molecule has 14 heteroatoms. The van der Waals surface area contributed by atoms with Crippen LogP contribution in [-0.4, -0.2) is 66.9 Å². The van der Waals surface area contributed by atoms with Crippen LogP contribution < -0.4 is 9.64 Å². The molecule has 0 radical (unpaired) electrons. The lowest BCUT2D eigenvalue weighted by molar-refractivity contribution is 0.0691. The molecule has 1 amide bonds. The highest BCUT2D eigenvalue weighted by Crippen LogP contribution is 2.46. The third-order valence-electron chi connectivity index (χ3n) is 11.3. The van der Waals surface area contributed by atoms with E-state index >= 15 is 4.79 Å². The third-order valence-corrected chi connectivity index (χ3v) is 12.2. The number of aryl methyl sites for hydroxylation is 5. The molecule has 4 aromatic heterocycles. The highest BCUT2D eigenvalue weighted by molar-refractivity contribution is 6.35. The summed E-state index contributed by atoms with van der Waals surface area (Å²) in [6.07, 6.45) is 2.16. The number of hydrogen-bond donors (Lipinski definition) is 3. The number of halogens is 2. The molecule has 0 bridgehead atoms. The van der Waals surface area contributed by atoms with Crippen LogP contribution >= 0.6 is 23.2 Å². The van der Waals surface area contributed by atoms with Crippen LogP contribution in [0.3, 0.4) is 0 Å². The number of aromatic nitrogens is 5. The van der Waals surface area contributed by atoms with Crippen molar-refractivity contribution < 1.29 is 29.3 Å². The molecule has 0 unspecified atom stereocenters. The number of ether oxygens (including phenoxy) is 2. The van der Waals surface area contributed by atoms with Crippen molar-refractivity contribution in [3.05, 3.63) is 133 Å². The van der Waals surface area contributed by atoms with Crippen molar-refractivity contribution in [2.75, 3.05) is 25.2 Å². The Morgan fingerprint density at radius 2 is 1.72 bits per heavy atom. The number of nitrogens with zero attached hydrogens (tertiary/aromatic N) is 5. The van der Waals surface area contributed by atoms with Crippen molar-refractivity contribution in [1.82, 2.24) is 24.5 Å². The number of hydrogen-bond acceptors (Lipinski definition) is 8. The van der Waals surface area contributed by atoms with Crippen LogP contribution in [0, 0.1) is 27.7 Å². The second-order valence-corrected chi connectivity index (χ2v) is 16.1. The molecular weight excluding hydrogens is 803 g/mol. The first-order chi connectivity index (χ1) is 28.8. The standard InChI is InChI=1S/C46H44Cl2N6O6/c1-23-18-28(19-24(2)40(23)48)60-17-9-10-29-30-12-14-33(47)39(38-26(4)50-37(22-55)51-27(38)5)42(30)54-25(3)21-53(45(56)43(29)54)36-15-13-31(32-20-35(46(57)58)52-41(32)36)44(59-6)34-11-7-8-16-49-34/h7-8,11-16,18-20,25,44,52,55H,9-10,17,21-22H2,1-6H3,(H,57,58)/t25-,44-/m1/s1. The van der Waals surface area contributed by atoms with E-state index in [0.717, 1.165) is 38.9 Å². The molecule has 0 saturated heterocycles. The molecule has 1 aliphatic rings. The zero-order chi connectivity index (χ0) is 42.6. The van der Waals surface area contributed by atoms with E-state index in [2.05, 4.69) is 31.4 Å². The minimum atomic E-state index is -1.13. The van der Waals surface area contributed by atoms with Gasteiger partial charge in [0.15, 0.2) is 5.82 Å². The summed E-state index contributed by atoms with van der Waals surface area (Å²) < 4.78 is 14.3. The van der Waals surface area contributed by atoms with Gasteiger partial charge in [-0.15, -0.1) is 0 Å². The molecule has 0 spiro atoms. The molecule has 60 heavy (non-hydrogen) atoms. The molecule has 308 valence electrons. The average Bonchev–Trinajstić information content (AvgIpc) is 3.83. The number of carboxylic acid groups (broad SMARTS) is 1. The van der Waals surface area contributed by atoms with E-state index in [4.69, 9.17) is 32.7 Å². The Labute approximate surface area is 356 Å². The van der Waals surface area contributed by atoms with Gasteiger partial charge in [0.05, 0.1) is 34.0 Å². The third kappa shape index (κ3) is 7.07. The molecule has 7 aromatic rings. The van der Waals surface area contributed by atoms with Gasteiger partial charge in [0.25, 0.3) is 5.91 Å². The predicted octanol–water partition coefficient (Wildman–Crippen LogP) is 9.67. The van der Waals surface area contributed by atoms with E-state index in [-0.39, 0.29) is 30.8 Å². The van der Waals surface area contributed by atoms with Gasteiger partial charge in [-0.3, -0.25) is 9.78 Å². The SMILES string of the molecule is CO[C@@H](c1ccccn1)c1ccc(N2C[C@@H](C)n3c(c(CCCOc4cc(C)c(Cl)c(C)c4)c4ccc(Cl)c(-c5c(C)nc(CO)nc5C)c43)C2=O)c2[nH]c(C(=O)O)cc12. The number of benzene rings is 3. The number of anilines is 1. The molecule has 12 nitrogen and oxygen atoms in total. The fraction of sp³-hybridized carbons (Fsp3) is 0.283. The highest BCUT2D eigenvalue weighted by Gasteiger charge is 2.38. The van der Waals surface area contributed by atoms with E-state index in [1.165, 1.54) is 0 Å². The number of carbonyl (C=O) groups excluding carboxylic acids is 1. The van der Waals surface area contributed by atoms with Gasteiger partial charge in [0.2, 0.25) is 0 Å². The lowest BCUT2D eigenvalue weighted by atomic mass is 9.97. The van der Waals surface area contributed by atoms with Crippen LogP contribution in [0.25, 0.3) is 32.9 Å². The molecule has 8 rings (SSSR count). The Balaban J connectivity index is 1.28. The second-order valence-electron chi connectivity index (χ2n) is 15.3. The van der Waals surface area contributed by atoms with Crippen LogP contribution in [0.2, 0.25) is 10.0 Å². The van der Waals surface area contributed by atoms with E-state index in [0.29, 0.717) is 85.8 Å². The Hall–Kier alpha value is -5.79. The lowest BCUT2D eigenvalue weighted by Crippen LogP contribution is -2.42. The molecule has 3 N–H and O–H groups in total. The molecule has 0 aliphatic carbocycles. The van der Waals surface area contributed by atoms with E-state index < -0.39 is 12.1 Å². The van der Waals surface area contributed by atoms with Crippen LogP contribution in [0.5, 0.6) is 5.75 Å². The predicted molar refractivity (Wildman–Crippen MR) is 233 cm³/mol. The lowest BCUT2D eigenvalue weighted by Gasteiger charge is -2.35. The van der Waals surface area contributed by atoms with E-state index in [9.17, 15) is 15.0 Å². The first-order valence-electron chi connectivity index (χ1n) is 19.7. The number of amides is 1. The number of aromatic amines is 1. The summed E-state index contributed by atoms with van der Waals surface area (Å²) >= 11 is 13.6. The second kappa shape index (κ2) is 16.3. The maximum Gasteiger partial charge on any atom is 0.352 e. The fourth-order valence-electron chi connectivity index (χ4n) is 8.75. The number of pyridine rings is 1. The first kappa shape index (κ1) is 41.0. The molecule has 0 saturated carbocycles. The number of aromatic carboxylic acids is 1. The minimum absolute atomic E-state index is 0.0209. The van der Waals surface area contributed by atoms with Gasteiger partial charge in [-0.05, 0) is 112 Å². The Morgan fingerprint density at radius 1 is 0.983 bits per heavy atom. The summed E-state index contributed by atoms with van der Waals surface area (Å²) in [4.78, 5) is 46.3. The summed E-state index contributed by atoms with van der Waals surface area (Å²) in [5.41, 5.74) is 9.10. The van der Waals surface area contributed by atoms with Crippen molar-refractivity contribution in [3.63, 3.8) is 0 Å². The van der Waals surface area contributed by atoms with Gasteiger partial charge in [-0.1, -0.05) is 41.4 Å². The number of carbonyl (C=O) groups is 2. The summed E-state index contributed by atoms with van der Waals surface area (Å²) in [7, 11) is 1.58. The maximum atomic E-state index is 15.4. The van der Waals surface area contributed by atoms with Crippen molar-refractivity contribution in [2.45, 2.75) is 66.2 Å². The zero-order valence-corrected chi connectivity index (χ0v) is 35.6. The largest absolute Gasteiger partial charge is 0.494 e. The van der Waals surface area contributed by atoms with Crippen LogP contribution in [-0.2, 0) is 17.8 Å². The van der Waals surface area contributed by atoms with Crippen LogP contribution in [0.15, 0.2) is 66.9 Å². The number of rotatable bonds is 12. The molecule has 2 atom stereocenters. The number of nitrogens with one attached hydrogen (secondary N) is 1. The van der Waals surface area contributed by atoms with Gasteiger partial charge in [-0.25, -0.2) is 14.8 Å². The fourth-order valence-corrected chi connectivity index (χ4v) is 9.11. The Kier molecular flexibility index (Phi) is 11.2. The summed E-state index contributed by atoms with van der Waals surface area (Å²) in [5.74, 6) is -0.351. The number of aliphatic hydroxyl groups excluding tert-OH is 1. The van der Waals surface area contributed by atoms with Crippen molar-refractivity contribution in [1.29, 1.82) is 0 Å². The quantitative estimate of drug-likeness (QED) is 0.102. The molecule has 1 aliphatic heterocycles. The number of carboxylic acids is 1. The van der Waals surface area contributed by atoms with Crippen molar-refractivity contribution >= 4 is 62.6 Å². The normalized spacial score (nSPS) is 14.6. The van der Waals surface area contributed by atoms with Crippen LogP contribution in [0.4, 0.5) is 5.69 Å². The van der Waals surface area contributed by atoms with Gasteiger partial charge in [0.1, 0.15) is 29.8 Å².